The molecule has 1 fully saturated rings. The predicted octanol–water partition coefficient (Wildman–Crippen LogP) is 4.49. The quantitative estimate of drug-likeness (QED) is 0.302. The number of carbonyl (C=O) groups is 1. The van der Waals surface area contributed by atoms with Crippen molar-refractivity contribution in [1.29, 1.82) is 0 Å². The highest BCUT2D eigenvalue weighted by Gasteiger charge is 2.36. The summed E-state index contributed by atoms with van der Waals surface area (Å²) in [6, 6.07) is 18.0. The van der Waals surface area contributed by atoms with Gasteiger partial charge in [-0.1, -0.05) is 54.7 Å². The number of hydrogen-bond acceptors (Lipinski definition) is 9. The number of carbonyl (C=O) groups excluding carboxylic acids is 1. The number of furan rings is 1. The molecule has 3 aliphatic rings. The first-order valence-corrected chi connectivity index (χ1v) is 15.3. The second kappa shape index (κ2) is 11.3. The molecule has 10 heteroatoms. The van der Waals surface area contributed by atoms with E-state index in [9.17, 15) is 9.59 Å². The third-order valence-corrected chi connectivity index (χ3v) is 9.05. The van der Waals surface area contributed by atoms with E-state index < -0.39 is 12.0 Å². The van der Waals surface area contributed by atoms with Crippen LogP contribution in [0.5, 0.6) is 11.5 Å². The Hall–Kier alpha value is -4.57. The molecule has 0 amide bonds. The zero-order valence-corrected chi connectivity index (χ0v) is 24.8. The standard InChI is InChI=1S/C33H31N3O6S/c1-3-39-32(38)28-29(21-7-5-4-6-8-21)34-33-36(30(28)22-9-11-24-25(17-22)41-19-40-24)31(37)26(43-33)18-23-10-12-27(42-23)35-15-13-20(2)14-16-35/h4-12,17-18,20,30H,3,13-16,19H2,1-2H3/b26-18+/t30-/m1/s1. The van der Waals surface area contributed by atoms with Gasteiger partial charge in [-0.05, 0) is 49.4 Å². The number of anilines is 1. The normalized spacial score (nSPS) is 18.5. The molecular weight excluding hydrogens is 566 g/mol. The van der Waals surface area contributed by atoms with E-state index >= 15 is 0 Å². The van der Waals surface area contributed by atoms with Gasteiger partial charge in [0.15, 0.2) is 22.2 Å². The summed E-state index contributed by atoms with van der Waals surface area (Å²) in [4.78, 5) is 35.4. The van der Waals surface area contributed by atoms with E-state index in [1.165, 1.54) is 11.3 Å². The van der Waals surface area contributed by atoms with Crippen LogP contribution in [-0.2, 0) is 9.53 Å². The van der Waals surface area contributed by atoms with E-state index in [0.717, 1.165) is 37.4 Å². The maximum atomic E-state index is 14.1. The van der Waals surface area contributed by atoms with Crippen molar-refractivity contribution in [2.75, 3.05) is 31.4 Å². The molecule has 5 heterocycles. The summed E-state index contributed by atoms with van der Waals surface area (Å²) < 4.78 is 24.9. The highest BCUT2D eigenvalue weighted by Crippen LogP contribution is 2.40. The van der Waals surface area contributed by atoms with Crippen LogP contribution in [0.4, 0.5) is 5.88 Å². The van der Waals surface area contributed by atoms with E-state index in [4.69, 9.17) is 23.6 Å². The van der Waals surface area contributed by atoms with Gasteiger partial charge in [0.25, 0.3) is 5.56 Å². The van der Waals surface area contributed by atoms with Crippen LogP contribution in [0, 0.1) is 5.92 Å². The molecular formula is C33H31N3O6S. The van der Waals surface area contributed by atoms with Crippen LogP contribution >= 0.6 is 11.3 Å². The molecule has 2 aromatic carbocycles. The molecule has 0 radical (unpaired) electrons. The van der Waals surface area contributed by atoms with Gasteiger partial charge in [0.2, 0.25) is 6.79 Å². The summed E-state index contributed by atoms with van der Waals surface area (Å²) >= 11 is 1.26. The molecule has 7 rings (SSSR count). The minimum Gasteiger partial charge on any atom is -0.463 e. The third kappa shape index (κ3) is 5.05. The number of esters is 1. The zero-order chi connectivity index (χ0) is 29.5. The largest absolute Gasteiger partial charge is 0.463 e. The molecule has 0 N–H and O–H groups in total. The molecule has 43 heavy (non-hydrogen) atoms. The van der Waals surface area contributed by atoms with Crippen LogP contribution in [0.2, 0.25) is 0 Å². The van der Waals surface area contributed by atoms with E-state index in [2.05, 4.69) is 11.8 Å². The molecule has 0 bridgehead atoms. The molecule has 1 saturated heterocycles. The van der Waals surface area contributed by atoms with Crippen LogP contribution in [-0.4, -0.2) is 37.0 Å². The number of hydrogen-bond donors (Lipinski definition) is 0. The second-order valence-corrected chi connectivity index (χ2v) is 11.9. The Labute approximate surface area is 251 Å². The van der Waals surface area contributed by atoms with Gasteiger partial charge in [0.05, 0.1) is 28.5 Å². The Bertz CT molecular complexity index is 1900. The van der Waals surface area contributed by atoms with Gasteiger partial charge in [-0.25, -0.2) is 9.79 Å². The van der Waals surface area contributed by atoms with Gasteiger partial charge >= 0.3 is 5.97 Å². The summed E-state index contributed by atoms with van der Waals surface area (Å²) in [6.07, 6.45) is 4.01. The fourth-order valence-corrected chi connectivity index (χ4v) is 6.77. The third-order valence-electron chi connectivity index (χ3n) is 8.07. The molecule has 9 nitrogen and oxygen atoms in total. The molecule has 0 aliphatic carbocycles. The Morgan fingerprint density at radius 1 is 1.07 bits per heavy atom. The Kier molecular flexibility index (Phi) is 7.14. The van der Waals surface area contributed by atoms with Crippen molar-refractivity contribution in [3.63, 3.8) is 0 Å². The van der Waals surface area contributed by atoms with E-state index in [1.54, 1.807) is 23.6 Å². The Morgan fingerprint density at radius 3 is 2.65 bits per heavy atom. The molecule has 0 spiro atoms. The number of aromatic nitrogens is 1. The van der Waals surface area contributed by atoms with Gasteiger partial charge in [0, 0.05) is 30.8 Å². The topological polar surface area (TPSA) is 95.5 Å². The molecule has 1 atom stereocenters. The molecule has 0 saturated carbocycles. The summed E-state index contributed by atoms with van der Waals surface area (Å²) in [7, 11) is 0. The van der Waals surface area contributed by atoms with Crippen LogP contribution in [0.25, 0.3) is 11.8 Å². The average Bonchev–Trinajstić information content (AvgIpc) is 3.76. The van der Waals surface area contributed by atoms with Crippen molar-refractivity contribution < 1.29 is 23.4 Å². The minimum atomic E-state index is -0.801. The number of fused-ring (bicyclic) bond motifs is 2. The average molecular weight is 598 g/mol. The van der Waals surface area contributed by atoms with Crippen molar-refractivity contribution in [2.45, 2.75) is 32.7 Å². The number of thiazole rings is 1. The molecule has 220 valence electrons. The number of nitrogens with zero attached hydrogens (tertiary/aromatic N) is 3. The van der Waals surface area contributed by atoms with E-state index in [-0.39, 0.29) is 24.5 Å². The maximum absolute atomic E-state index is 14.1. The highest BCUT2D eigenvalue weighted by molar-refractivity contribution is 7.07. The summed E-state index contributed by atoms with van der Waals surface area (Å²) in [6.45, 7) is 6.22. The van der Waals surface area contributed by atoms with Crippen LogP contribution in [0.1, 0.15) is 49.6 Å². The smallest absolute Gasteiger partial charge is 0.338 e. The lowest BCUT2D eigenvalue weighted by Gasteiger charge is -2.29. The first kappa shape index (κ1) is 27.3. The highest BCUT2D eigenvalue weighted by atomic mass is 32.1. The van der Waals surface area contributed by atoms with Crippen LogP contribution in [0.15, 0.2) is 80.4 Å². The molecule has 3 aliphatic heterocycles. The number of ether oxygens (including phenoxy) is 3. The SMILES string of the molecule is CCOC(=O)C1=C(c2ccccc2)N=c2s/c(=C/c3ccc(N4CCC(C)CC4)o3)c(=O)n2[C@@H]1c1ccc2c(c1)OCO2. The fraction of sp³-hybridized carbons (Fsp3) is 0.303. The zero-order valence-electron chi connectivity index (χ0n) is 23.9. The lowest BCUT2D eigenvalue weighted by molar-refractivity contribution is -0.138. The van der Waals surface area contributed by atoms with Gasteiger partial charge in [-0.15, -0.1) is 0 Å². The Balaban J connectivity index is 1.39. The lowest BCUT2D eigenvalue weighted by Crippen LogP contribution is -2.40. The van der Waals surface area contributed by atoms with Crippen molar-refractivity contribution in [1.82, 2.24) is 4.57 Å². The number of rotatable bonds is 6. The monoisotopic (exact) mass is 597 g/mol. The van der Waals surface area contributed by atoms with Crippen molar-refractivity contribution >= 4 is 35.0 Å². The second-order valence-electron chi connectivity index (χ2n) is 10.9. The number of piperidine rings is 1. The summed E-state index contributed by atoms with van der Waals surface area (Å²) in [5.41, 5.74) is 1.91. The lowest BCUT2D eigenvalue weighted by atomic mass is 9.93. The van der Waals surface area contributed by atoms with Crippen LogP contribution < -0.4 is 29.3 Å². The molecule has 2 aromatic heterocycles. The van der Waals surface area contributed by atoms with Crippen LogP contribution in [0.3, 0.4) is 0 Å². The first-order valence-electron chi connectivity index (χ1n) is 14.5. The molecule has 0 unspecified atom stereocenters. The maximum Gasteiger partial charge on any atom is 0.338 e. The minimum absolute atomic E-state index is 0.110. The van der Waals surface area contributed by atoms with E-state index in [1.807, 2.05) is 54.6 Å². The van der Waals surface area contributed by atoms with E-state index in [0.29, 0.717) is 43.8 Å². The van der Waals surface area contributed by atoms with Crippen molar-refractivity contribution in [3.8, 4) is 11.5 Å². The van der Waals surface area contributed by atoms with Gasteiger partial charge < -0.3 is 23.5 Å². The Morgan fingerprint density at radius 2 is 1.86 bits per heavy atom. The van der Waals surface area contributed by atoms with Crippen molar-refractivity contribution in [2.24, 2.45) is 10.9 Å². The van der Waals surface area contributed by atoms with Crippen molar-refractivity contribution in [3.05, 3.63) is 103 Å². The predicted molar refractivity (Wildman–Crippen MR) is 163 cm³/mol. The summed E-state index contributed by atoms with van der Waals surface area (Å²) in [5, 5.41) is 0. The van der Waals surface area contributed by atoms with Gasteiger partial charge in [-0.2, -0.15) is 0 Å². The number of benzene rings is 2. The van der Waals surface area contributed by atoms with Gasteiger partial charge in [-0.3, -0.25) is 9.36 Å². The summed E-state index contributed by atoms with van der Waals surface area (Å²) in [5.74, 6) is 2.74. The fourth-order valence-electron chi connectivity index (χ4n) is 5.79. The van der Waals surface area contributed by atoms with Gasteiger partial charge in [0.1, 0.15) is 5.76 Å². The first-order chi connectivity index (χ1) is 21.0. The molecule has 4 aromatic rings.